The van der Waals surface area contributed by atoms with E-state index < -0.39 is 11.7 Å². The Labute approximate surface area is 157 Å². The smallest absolute Gasteiger partial charge is 0.416 e. The lowest BCUT2D eigenvalue weighted by atomic mass is 10.1. The molecule has 0 saturated heterocycles. The van der Waals surface area contributed by atoms with E-state index in [-0.39, 0.29) is 6.61 Å². The summed E-state index contributed by atoms with van der Waals surface area (Å²) in [6.07, 6.45) is -1.26. The number of nitrogens with zero attached hydrogens (tertiary/aromatic N) is 4. The van der Waals surface area contributed by atoms with Crippen molar-refractivity contribution in [3.8, 4) is 5.75 Å². The number of aromatic nitrogens is 3. The maximum atomic E-state index is 12.8. The second-order valence-corrected chi connectivity index (χ2v) is 6.16. The highest BCUT2D eigenvalue weighted by Gasteiger charge is 2.30. The third-order valence-corrected chi connectivity index (χ3v) is 4.13. The number of para-hydroxylation sites is 1. The van der Waals surface area contributed by atoms with Crippen LogP contribution in [0.5, 0.6) is 5.75 Å². The Morgan fingerprint density at radius 2 is 1.89 bits per heavy atom. The fourth-order valence-corrected chi connectivity index (χ4v) is 2.66. The van der Waals surface area contributed by atoms with Crippen LogP contribution in [0.4, 0.5) is 13.2 Å². The molecule has 0 bridgehead atoms. The van der Waals surface area contributed by atoms with Crippen molar-refractivity contribution >= 4 is 18.0 Å². The first-order chi connectivity index (χ1) is 13.0. The number of alkyl halides is 3. The lowest BCUT2D eigenvalue weighted by molar-refractivity contribution is -0.137. The summed E-state index contributed by atoms with van der Waals surface area (Å²) in [5.41, 5.74) is -0.409. The van der Waals surface area contributed by atoms with E-state index in [0.29, 0.717) is 22.3 Å². The molecule has 0 fully saturated rings. The van der Waals surface area contributed by atoms with Gasteiger partial charge in [-0.1, -0.05) is 42.1 Å². The SMILES string of the molecule is CSc1nnc(COc2ccccc2)n1/N=C\c1cccc(C(F)(F)F)c1. The molecule has 140 valence electrons. The second kappa shape index (κ2) is 8.26. The summed E-state index contributed by atoms with van der Waals surface area (Å²) in [7, 11) is 0. The molecule has 0 radical (unpaired) electrons. The van der Waals surface area contributed by atoms with Crippen LogP contribution in [0, 0.1) is 0 Å². The summed E-state index contributed by atoms with van der Waals surface area (Å²) >= 11 is 1.32. The van der Waals surface area contributed by atoms with Gasteiger partial charge in [0.1, 0.15) is 12.4 Å². The van der Waals surface area contributed by atoms with E-state index in [1.165, 1.54) is 28.7 Å². The zero-order chi connectivity index (χ0) is 19.3. The lowest BCUT2D eigenvalue weighted by Crippen LogP contribution is -2.06. The maximum Gasteiger partial charge on any atom is 0.416 e. The summed E-state index contributed by atoms with van der Waals surface area (Å²) in [5, 5.41) is 12.8. The highest BCUT2D eigenvalue weighted by atomic mass is 32.2. The topological polar surface area (TPSA) is 52.3 Å². The van der Waals surface area contributed by atoms with Crippen LogP contribution in [-0.2, 0) is 12.8 Å². The van der Waals surface area contributed by atoms with Crippen molar-refractivity contribution in [2.75, 3.05) is 6.26 Å². The summed E-state index contributed by atoms with van der Waals surface area (Å²) in [4.78, 5) is 0. The summed E-state index contributed by atoms with van der Waals surface area (Å²) in [5.74, 6) is 1.10. The van der Waals surface area contributed by atoms with Gasteiger partial charge in [0.05, 0.1) is 11.8 Å². The molecule has 0 aliphatic heterocycles. The molecule has 0 aliphatic carbocycles. The van der Waals surface area contributed by atoms with E-state index in [4.69, 9.17) is 4.74 Å². The molecule has 3 aromatic rings. The first kappa shape index (κ1) is 19.0. The number of ether oxygens (including phenoxy) is 1. The lowest BCUT2D eigenvalue weighted by Gasteiger charge is -2.07. The highest BCUT2D eigenvalue weighted by molar-refractivity contribution is 7.98. The van der Waals surface area contributed by atoms with Crippen LogP contribution in [-0.4, -0.2) is 27.3 Å². The van der Waals surface area contributed by atoms with E-state index in [1.807, 2.05) is 36.6 Å². The Balaban J connectivity index is 1.81. The normalized spacial score (nSPS) is 11.9. The van der Waals surface area contributed by atoms with Crippen molar-refractivity contribution < 1.29 is 17.9 Å². The van der Waals surface area contributed by atoms with Crippen molar-refractivity contribution in [3.05, 3.63) is 71.5 Å². The molecule has 1 aromatic heterocycles. The van der Waals surface area contributed by atoms with E-state index in [0.717, 1.165) is 12.1 Å². The molecule has 0 aliphatic rings. The van der Waals surface area contributed by atoms with Crippen LogP contribution in [0.2, 0.25) is 0 Å². The molecule has 9 heteroatoms. The summed E-state index contributed by atoms with van der Waals surface area (Å²) < 4.78 is 45.6. The first-order valence-electron chi connectivity index (χ1n) is 7.85. The van der Waals surface area contributed by atoms with Crippen LogP contribution in [0.3, 0.4) is 0 Å². The molecule has 0 amide bonds. The fourth-order valence-electron chi connectivity index (χ4n) is 2.21. The Hall–Kier alpha value is -2.81. The molecular weight excluding hydrogens is 377 g/mol. The monoisotopic (exact) mass is 392 g/mol. The molecule has 2 aromatic carbocycles. The minimum Gasteiger partial charge on any atom is -0.486 e. The zero-order valence-electron chi connectivity index (χ0n) is 14.2. The van der Waals surface area contributed by atoms with Gasteiger partial charge in [-0.3, -0.25) is 0 Å². The maximum absolute atomic E-state index is 12.8. The molecule has 1 heterocycles. The molecule has 3 rings (SSSR count). The minimum atomic E-state index is -4.40. The van der Waals surface area contributed by atoms with Crippen LogP contribution in [0.15, 0.2) is 64.9 Å². The van der Waals surface area contributed by atoms with E-state index >= 15 is 0 Å². The summed E-state index contributed by atoms with van der Waals surface area (Å²) in [6, 6.07) is 14.1. The van der Waals surface area contributed by atoms with Crippen molar-refractivity contribution in [2.24, 2.45) is 5.10 Å². The van der Waals surface area contributed by atoms with Gasteiger partial charge in [-0.2, -0.15) is 22.9 Å². The molecule has 0 N–H and O–H groups in total. The average Bonchev–Trinajstić information content (AvgIpc) is 3.07. The Morgan fingerprint density at radius 1 is 1.11 bits per heavy atom. The Bertz CT molecular complexity index is 926. The van der Waals surface area contributed by atoms with Crippen LogP contribution >= 0.6 is 11.8 Å². The molecule has 27 heavy (non-hydrogen) atoms. The van der Waals surface area contributed by atoms with Gasteiger partial charge in [0.25, 0.3) is 0 Å². The third kappa shape index (κ3) is 4.88. The zero-order valence-corrected chi connectivity index (χ0v) is 15.0. The highest BCUT2D eigenvalue weighted by Crippen LogP contribution is 2.29. The largest absolute Gasteiger partial charge is 0.486 e. The van der Waals surface area contributed by atoms with Crippen LogP contribution in [0.25, 0.3) is 0 Å². The molecular formula is C18H15F3N4OS. The third-order valence-electron chi connectivity index (χ3n) is 3.51. The number of hydrogen-bond acceptors (Lipinski definition) is 5. The predicted molar refractivity (Wildman–Crippen MR) is 97.0 cm³/mol. The van der Waals surface area contributed by atoms with Gasteiger partial charge in [0.15, 0.2) is 5.82 Å². The molecule has 0 atom stereocenters. The van der Waals surface area contributed by atoms with Gasteiger partial charge in [0, 0.05) is 0 Å². The number of thioether (sulfide) groups is 1. The average molecular weight is 392 g/mol. The van der Waals surface area contributed by atoms with E-state index in [9.17, 15) is 13.2 Å². The van der Waals surface area contributed by atoms with Gasteiger partial charge in [-0.05, 0) is 36.1 Å². The van der Waals surface area contributed by atoms with E-state index in [1.54, 1.807) is 6.07 Å². The first-order valence-corrected chi connectivity index (χ1v) is 9.07. The van der Waals surface area contributed by atoms with E-state index in [2.05, 4.69) is 15.3 Å². The van der Waals surface area contributed by atoms with Crippen molar-refractivity contribution in [1.29, 1.82) is 0 Å². The van der Waals surface area contributed by atoms with Gasteiger partial charge in [-0.15, -0.1) is 10.2 Å². The predicted octanol–water partition coefficient (Wildman–Crippen LogP) is 4.48. The number of hydrogen-bond donors (Lipinski definition) is 0. The standard InChI is InChI=1S/C18H15F3N4OS/c1-27-17-24-23-16(12-26-15-8-3-2-4-9-15)25(17)22-11-13-6-5-7-14(10-13)18(19,20)21/h2-11H,12H2,1H3/b22-11-. The molecule has 0 spiro atoms. The van der Waals surface area contributed by atoms with Crippen LogP contribution < -0.4 is 4.74 Å². The van der Waals surface area contributed by atoms with Crippen molar-refractivity contribution in [1.82, 2.24) is 14.9 Å². The van der Waals surface area contributed by atoms with Crippen molar-refractivity contribution in [3.63, 3.8) is 0 Å². The Morgan fingerprint density at radius 3 is 2.59 bits per heavy atom. The molecule has 5 nitrogen and oxygen atoms in total. The minimum absolute atomic E-state index is 0.123. The summed E-state index contributed by atoms with van der Waals surface area (Å²) in [6.45, 7) is 0.123. The number of benzene rings is 2. The van der Waals surface area contributed by atoms with Gasteiger partial charge in [-0.25, -0.2) is 0 Å². The Kier molecular flexibility index (Phi) is 5.80. The van der Waals surface area contributed by atoms with Gasteiger partial charge in [0.2, 0.25) is 5.16 Å². The van der Waals surface area contributed by atoms with Gasteiger partial charge < -0.3 is 4.74 Å². The second-order valence-electron chi connectivity index (χ2n) is 5.38. The number of halogens is 3. The van der Waals surface area contributed by atoms with Gasteiger partial charge >= 0.3 is 6.18 Å². The molecule has 0 saturated carbocycles. The van der Waals surface area contributed by atoms with Crippen molar-refractivity contribution in [2.45, 2.75) is 17.9 Å². The fraction of sp³-hybridized carbons (Fsp3) is 0.167. The quantitative estimate of drug-likeness (QED) is 0.459. The van der Waals surface area contributed by atoms with Crippen LogP contribution in [0.1, 0.15) is 17.0 Å². The molecule has 0 unspecified atom stereocenters. The number of rotatable bonds is 6.